The Morgan fingerprint density at radius 1 is 0.686 bits per heavy atom. The molecule has 1 heterocycles. The highest BCUT2D eigenvalue weighted by molar-refractivity contribution is 5.10. The third kappa shape index (κ3) is 4.79. The lowest BCUT2D eigenvalue weighted by molar-refractivity contribution is -0.269. The lowest BCUT2D eigenvalue weighted by atomic mass is 9.43. The minimum Gasteiger partial charge on any atom is -0.352 e. The molecule has 0 aromatic rings. The van der Waals surface area contributed by atoms with Gasteiger partial charge in [0.1, 0.15) is 0 Å². The first-order chi connectivity index (χ1) is 16.6. The molecule has 5 aliphatic rings. The maximum Gasteiger partial charge on any atom is 0.160 e. The van der Waals surface area contributed by atoms with E-state index in [0.29, 0.717) is 16.7 Å². The summed E-state index contributed by atoms with van der Waals surface area (Å²) < 4.78 is 12.8. The molecule has 35 heavy (non-hydrogen) atoms. The largest absolute Gasteiger partial charge is 0.352 e. The van der Waals surface area contributed by atoms with E-state index >= 15 is 0 Å². The van der Waals surface area contributed by atoms with E-state index in [1.165, 1.54) is 77.0 Å². The summed E-state index contributed by atoms with van der Waals surface area (Å²) in [6, 6.07) is 0. The van der Waals surface area contributed by atoms with Crippen molar-refractivity contribution in [3.8, 4) is 0 Å². The standard InChI is InChI=1S/C33H58O2/c1-22(2)10-8-11-23(3)26-15-16-27-24-13-14-28-25(30-34-20-31(4,5)21-35-30)12-9-18-32(28,6)29(24)17-19-33(26,27)7/h22-30H,8-21H2,1-7H3/t23-,24+,25-,26-,27+,28+,29+,32+,33-/m1/s1. The predicted molar refractivity (Wildman–Crippen MR) is 146 cm³/mol. The van der Waals surface area contributed by atoms with Gasteiger partial charge in [-0.25, -0.2) is 0 Å². The summed E-state index contributed by atoms with van der Waals surface area (Å²) in [5, 5.41) is 0. The predicted octanol–water partition coefficient (Wildman–Crippen LogP) is 9.12. The third-order valence-electron chi connectivity index (χ3n) is 12.5. The molecule has 2 nitrogen and oxygen atoms in total. The Hall–Kier alpha value is -0.0800. The quantitative estimate of drug-likeness (QED) is 0.372. The van der Waals surface area contributed by atoms with Gasteiger partial charge in [0.05, 0.1) is 13.2 Å². The first-order valence-electron chi connectivity index (χ1n) is 15.8. The first kappa shape index (κ1) is 26.5. The zero-order valence-electron chi connectivity index (χ0n) is 24.4. The van der Waals surface area contributed by atoms with Gasteiger partial charge in [0, 0.05) is 11.3 Å². The monoisotopic (exact) mass is 486 g/mol. The van der Waals surface area contributed by atoms with Gasteiger partial charge in [-0.05, 0) is 104 Å². The topological polar surface area (TPSA) is 18.5 Å². The van der Waals surface area contributed by atoms with E-state index in [4.69, 9.17) is 9.47 Å². The molecule has 0 unspecified atom stereocenters. The van der Waals surface area contributed by atoms with Gasteiger partial charge in [-0.2, -0.15) is 0 Å². The van der Waals surface area contributed by atoms with Crippen LogP contribution in [0, 0.1) is 63.6 Å². The van der Waals surface area contributed by atoms with Gasteiger partial charge < -0.3 is 9.47 Å². The lowest BCUT2D eigenvalue weighted by Gasteiger charge is -2.62. The average molecular weight is 487 g/mol. The maximum absolute atomic E-state index is 6.41. The van der Waals surface area contributed by atoms with Crippen molar-refractivity contribution in [1.82, 2.24) is 0 Å². The Balaban J connectivity index is 1.28. The Morgan fingerprint density at radius 2 is 1.34 bits per heavy atom. The van der Waals surface area contributed by atoms with Gasteiger partial charge in [-0.1, -0.05) is 74.1 Å². The number of rotatable bonds is 6. The molecule has 9 atom stereocenters. The average Bonchev–Trinajstić information content (AvgIpc) is 3.15. The van der Waals surface area contributed by atoms with E-state index in [9.17, 15) is 0 Å². The van der Waals surface area contributed by atoms with Crippen LogP contribution in [0.2, 0.25) is 0 Å². The fourth-order valence-electron chi connectivity index (χ4n) is 10.8. The van der Waals surface area contributed by atoms with Crippen molar-refractivity contribution in [3.05, 3.63) is 0 Å². The highest BCUT2D eigenvalue weighted by Gasteiger charge is 2.62. The minimum absolute atomic E-state index is 0.0561. The highest BCUT2D eigenvalue weighted by atomic mass is 16.7. The molecule has 0 aromatic heterocycles. The second-order valence-electron chi connectivity index (χ2n) is 15.8. The molecule has 202 valence electrons. The van der Waals surface area contributed by atoms with Gasteiger partial charge in [0.15, 0.2) is 6.29 Å². The van der Waals surface area contributed by atoms with Crippen LogP contribution in [0.5, 0.6) is 0 Å². The molecule has 2 heteroatoms. The van der Waals surface area contributed by atoms with E-state index in [0.717, 1.165) is 54.6 Å². The molecule has 0 radical (unpaired) electrons. The molecule has 5 fully saturated rings. The number of hydrogen-bond acceptors (Lipinski definition) is 2. The normalized spacial score (nSPS) is 46.6. The molecule has 4 saturated carbocycles. The molecule has 0 bridgehead atoms. The highest BCUT2D eigenvalue weighted by Crippen LogP contribution is 2.69. The SMILES string of the molecule is CC(C)CCC[C@@H](C)[C@H]1CC[C@H]2[C@@H]3CC[C@H]4[C@H](C5OCC(C)(C)CO5)CCC[C@]4(C)[C@H]3CC[C@]12C. The second kappa shape index (κ2) is 9.91. The number of fused-ring (bicyclic) bond motifs is 5. The van der Waals surface area contributed by atoms with Crippen LogP contribution in [0.15, 0.2) is 0 Å². The fraction of sp³-hybridized carbons (Fsp3) is 1.00. The molecule has 5 rings (SSSR count). The Labute approximate surface area is 218 Å². The summed E-state index contributed by atoms with van der Waals surface area (Å²) in [4.78, 5) is 0. The van der Waals surface area contributed by atoms with Gasteiger partial charge in [0.25, 0.3) is 0 Å². The Bertz CT molecular complexity index is 719. The molecule has 0 amide bonds. The zero-order valence-corrected chi connectivity index (χ0v) is 24.4. The lowest BCUT2D eigenvalue weighted by Crippen LogP contribution is -2.57. The van der Waals surface area contributed by atoms with Gasteiger partial charge in [-0.15, -0.1) is 0 Å². The van der Waals surface area contributed by atoms with E-state index in [1.807, 2.05) is 0 Å². The molecule has 0 N–H and O–H groups in total. The van der Waals surface area contributed by atoms with Crippen LogP contribution in [0.4, 0.5) is 0 Å². The number of ether oxygens (including phenoxy) is 2. The number of hydrogen-bond donors (Lipinski definition) is 0. The van der Waals surface area contributed by atoms with Crippen LogP contribution in [-0.2, 0) is 9.47 Å². The molecule has 1 aliphatic heterocycles. The molecule has 0 aromatic carbocycles. The van der Waals surface area contributed by atoms with Gasteiger partial charge in [0.2, 0.25) is 0 Å². The Morgan fingerprint density at radius 3 is 2.06 bits per heavy atom. The molecule has 0 spiro atoms. The van der Waals surface area contributed by atoms with Crippen LogP contribution in [0.25, 0.3) is 0 Å². The first-order valence-corrected chi connectivity index (χ1v) is 15.8. The van der Waals surface area contributed by atoms with Crippen LogP contribution >= 0.6 is 0 Å². The zero-order chi connectivity index (χ0) is 25.0. The molecular formula is C33H58O2. The summed E-state index contributed by atoms with van der Waals surface area (Å²) in [6.07, 6.45) is 17.4. The van der Waals surface area contributed by atoms with Gasteiger partial charge >= 0.3 is 0 Å². The fourth-order valence-corrected chi connectivity index (χ4v) is 10.8. The van der Waals surface area contributed by atoms with E-state index in [1.54, 1.807) is 0 Å². The van der Waals surface area contributed by atoms with E-state index in [2.05, 4.69) is 48.5 Å². The summed E-state index contributed by atoms with van der Waals surface area (Å²) in [6.45, 7) is 19.1. The van der Waals surface area contributed by atoms with E-state index < -0.39 is 0 Å². The maximum atomic E-state index is 6.41. The van der Waals surface area contributed by atoms with E-state index in [-0.39, 0.29) is 11.7 Å². The molecule has 1 saturated heterocycles. The van der Waals surface area contributed by atoms with Crippen molar-refractivity contribution in [2.24, 2.45) is 63.6 Å². The Kier molecular flexibility index (Phi) is 7.51. The summed E-state index contributed by atoms with van der Waals surface area (Å²) in [7, 11) is 0. The van der Waals surface area contributed by atoms with Crippen molar-refractivity contribution in [2.45, 2.75) is 132 Å². The molecule has 4 aliphatic carbocycles. The minimum atomic E-state index is 0.0561. The van der Waals surface area contributed by atoms with Crippen molar-refractivity contribution >= 4 is 0 Å². The van der Waals surface area contributed by atoms with Crippen LogP contribution in [0.3, 0.4) is 0 Å². The second-order valence-corrected chi connectivity index (χ2v) is 15.8. The summed E-state index contributed by atoms with van der Waals surface area (Å²) in [5.41, 5.74) is 1.29. The van der Waals surface area contributed by atoms with Crippen LogP contribution < -0.4 is 0 Å². The van der Waals surface area contributed by atoms with Crippen LogP contribution in [-0.4, -0.2) is 19.5 Å². The van der Waals surface area contributed by atoms with Crippen molar-refractivity contribution in [1.29, 1.82) is 0 Å². The van der Waals surface area contributed by atoms with Crippen molar-refractivity contribution in [2.75, 3.05) is 13.2 Å². The van der Waals surface area contributed by atoms with Crippen LogP contribution in [0.1, 0.15) is 126 Å². The summed E-state index contributed by atoms with van der Waals surface area (Å²) in [5.74, 6) is 7.08. The van der Waals surface area contributed by atoms with Gasteiger partial charge in [-0.3, -0.25) is 0 Å². The third-order valence-corrected chi connectivity index (χ3v) is 12.5. The summed E-state index contributed by atoms with van der Waals surface area (Å²) >= 11 is 0. The smallest absolute Gasteiger partial charge is 0.160 e. The van der Waals surface area contributed by atoms with Crippen molar-refractivity contribution in [3.63, 3.8) is 0 Å². The van der Waals surface area contributed by atoms with Crippen molar-refractivity contribution < 1.29 is 9.47 Å². The molecular weight excluding hydrogens is 428 g/mol.